The van der Waals surface area contributed by atoms with E-state index in [2.05, 4.69) is 14.9 Å². The third-order valence-electron chi connectivity index (χ3n) is 3.66. The first kappa shape index (κ1) is 18.2. The topological polar surface area (TPSA) is 90.4 Å². The van der Waals surface area contributed by atoms with E-state index in [0.29, 0.717) is 10.8 Å². The van der Waals surface area contributed by atoms with Gasteiger partial charge in [-0.15, -0.1) is 10.2 Å². The van der Waals surface area contributed by atoms with E-state index in [0.717, 1.165) is 28.2 Å². The second-order valence-electron chi connectivity index (χ2n) is 5.38. The second kappa shape index (κ2) is 7.30. The van der Waals surface area contributed by atoms with Crippen LogP contribution in [0.4, 0.5) is 5.13 Å². The molecule has 26 heavy (non-hydrogen) atoms. The van der Waals surface area contributed by atoms with Crippen LogP contribution in [-0.4, -0.2) is 32.8 Å². The zero-order valence-electron chi connectivity index (χ0n) is 14.4. The predicted molar refractivity (Wildman–Crippen MR) is 100 cm³/mol. The molecule has 0 aliphatic rings. The number of rotatable bonds is 6. The van der Waals surface area contributed by atoms with Crippen molar-refractivity contribution in [1.82, 2.24) is 10.2 Å². The van der Waals surface area contributed by atoms with Gasteiger partial charge in [-0.1, -0.05) is 11.3 Å². The van der Waals surface area contributed by atoms with Crippen molar-refractivity contribution in [3.05, 3.63) is 48.0 Å². The third-order valence-corrected chi connectivity index (χ3v) is 6.01. The molecule has 0 aliphatic carbocycles. The van der Waals surface area contributed by atoms with E-state index in [1.54, 1.807) is 38.3 Å². The van der Waals surface area contributed by atoms with Crippen molar-refractivity contribution in [3.63, 3.8) is 0 Å². The minimum absolute atomic E-state index is 0.136. The van der Waals surface area contributed by atoms with Crippen LogP contribution in [0.5, 0.6) is 11.5 Å². The highest BCUT2D eigenvalue weighted by Gasteiger charge is 2.18. The summed E-state index contributed by atoms with van der Waals surface area (Å²) in [6, 6.07) is 11.9. The summed E-state index contributed by atoms with van der Waals surface area (Å²) >= 11 is 1.15. The van der Waals surface area contributed by atoms with Gasteiger partial charge in [-0.3, -0.25) is 4.72 Å². The van der Waals surface area contributed by atoms with E-state index in [1.165, 1.54) is 13.2 Å². The number of aryl methyl sites for hydroxylation is 1. The Labute approximate surface area is 155 Å². The van der Waals surface area contributed by atoms with E-state index in [1.807, 2.05) is 12.1 Å². The number of sulfonamides is 1. The average molecular weight is 391 g/mol. The van der Waals surface area contributed by atoms with Crippen molar-refractivity contribution in [2.45, 2.75) is 11.8 Å². The van der Waals surface area contributed by atoms with Crippen LogP contribution < -0.4 is 14.2 Å². The van der Waals surface area contributed by atoms with E-state index in [9.17, 15) is 8.42 Å². The first-order valence-corrected chi connectivity index (χ1v) is 9.88. The lowest BCUT2D eigenvalue weighted by molar-refractivity contribution is 0.411. The molecule has 9 heteroatoms. The Morgan fingerprint density at radius 3 is 2.35 bits per heavy atom. The predicted octanol–water partition coefficient (Wildman–Crippen LogP) is 3.33. The molecular weight excluding hydrogens is 374 g/mol. The number of benzene rings is 2. The van der Waals surface area contributed by atoms with Gasteiger partial charge in [0.15, 0.2) is 0 Å². The molecule has 2 aromatic carbocycles. The molecule has 0 radical (unpaired) electrons. The highest BCUT2D eigenvalue weighted by atomic mass is 32.2. The zero-order valence-corrected chi connectivity index (χ0v) is 16.0. The number of nitrogens with one attached hydrogen (secondary N) is 1. The van der Waals surface area contributed by atoms with Crippen LogP contribution in [-0.2, 0) is 10.0 Å². The number of hydrogen-bond acceptors (Lipinski definition) is 7. The Morgan fingerprint density at radius 2 is 1.73 bits per heavy atom. The molecule has 0 atom stereocenters. The molecule has 136 valence electrons. The van der Waals surface area contributed by atoms with E-state index in [4.69, 9.17) is 9.47 Å². The molecule has 7 nitrogen and oxygen atoms in total. The van der Waals surface area contributed by atoms with Gasteiger partial charge >= 0.3 is 0 Å². The molecule has 1 N–H and O–H groups in total. The first-order valence-electron chi connectivity index (χ1n) is 7.58. The Balaban J connectivity index is 1.82. The maximum atomic E-state index is 12.6. The molecule has 0 unspecified atom stereocenters. The highest BCUT2D eigenvalue weighted by Crippen LogP contribution is 2.29. The van der Waals surface area contributed by atoms with Crippen molar-refractivity contribution in [1.29, 1.82) is 0 Å². The molecule has 0 saturated heterocycles. The van der Waals surface area contributed by atoms with Crippen molar-refractivity contribution in [2.75, 3.05) is 18.9 Å². The van der Waals surface area contributed by atoms with Gasteiger partial charge in [-0.2, -0.15) is 0 Å². The fourth-order valence-corrected chi connectivity index (χ4v) is 4.37. The standard InChI is InChI=1S/C17H17N3O4S2/c1-11-10-14(8-9-15(11)24-3)26(21,22)20-17-19-18-16(25-17)12-4-6-13(23-2)7-5-12/h4-10H,1-3H3,(H,19,20). The van der Waals surface area contributed by atoms with Gasteiger partial charge in [0, 0.05) is 5.56 Å². The average Bonchev–Trinajstić information content (AvgIpc) is 3.09. The minimum Gasteiger partial charge on any atom is -0.497 e. The van der Waals surface area contributed by atoms with Gasteiger partial charge in [0.2, 0.25) is 5.13 Å². The number of nitrogens with zero attached hydrogens (tertiary/aromatic N) is 2. The van der Waals surface area contributed by atoms with Crippen LogP contribution in [0, 0.1) is 6.92 Å². The van der Waals surface area contributed by atoms with Gasteiger partial charge in [0.1, 0.15) is 16.5 Å². The lowest BCUT2D eigenvalue weighted by Gasteiger charge is -2.08. The summed E-state index contributed by atoms with van der Waals surface area (Å²) in [5, 5.41) is 8.78. The SMILES string of the molecule is COc1ccc(-c2nnc(NS(=O)(=O)c3ccc(OC)c(C)c3)s2)cc1. The summed E-state index contributed by atoms with van der Waals surface area (Å²) in [6.45, 7) is 1.78. The van der Waals surface area contributed by atoms with Crippen LogP contribution in [0.25, 0.3) is 10.6 Å². The second-order valence-corrected chi connectivity index (χ2v) is 8.04. The minimum atomic E-state index is -3.76. The fraction of sp³-hybridized carbons (Fsp3) is 0.176. The van der Waals surface area contributed by atoms with Gasteiger partial charge in [0.25, 0.3) is 10.0 Å². The first-order chi connectivity index (χ1) is 12.4. The van der Waals surface area contributed by atoms with Crippen LogP contribution in [0.2, 0.25) is 0 Å². The quantitative estimate of drug-likeness (QED) is 0.693. The number of ether oxygens (including phenoxy) is 2. The summed E-state index contributed by atoms with van der Waals surface area (Å²) in [7, 11) is -0.629. The summed E-state index contributed by atoms with van der Waals surface area (Å²) < 4.78 is 37.8. The largest absolute Gasteiger partial charge is 0.497 e. The molecular formula is C17H17N3O4S2. The summed E-state index contributed by atoms with van der Waals surface area (Å²) in [5.41, 5.74) is 1.56. The van der Waals surface area contributed by atoms with Crippen LogP contribution >= 0.6 is 11.3 Å². The van der Waals surface area contributed by atoms with E-state index in [-0.39, 0.29) is 10.0 Å². The Hall–Kier alpha value is -2.65. The number of aromatic nitrogens is 2. The molecule has 3 aromatic rings. The maximum Gasteiger partial charge on any atom is 0.263 e. The molecule has 0 spiro atoms. The molecule has 0 bridgehead atoms. The van der Waals surface area contributed by atoms with Gasteiger partial charge < -0.3 is 9.47 Å². The van der Waals surface area contributed by atoms with Crippen LogP contribution in [0.1, 0.15) is 5.56 Å². The molecule has 1 aromatic heterocycles. The van der Waals surface area contributed by atoms with Gasteiger partial charge in [-0.05, 0) is 55.0 Å². The van der Waals surface area contributed by atoms with Crippen molar-refractivity contribution in [2.24, 2.45) is 0 Å². The third kappa shape index (κ3) is 3.78. The maximum absolute atomic E-state index is 12.6. The summed E-state index contributed by atoms with van der Waals surface area (Å²) in [6.07, 6.45) is 0. The van der Waals surface area contributed by atoms with Crippen molar-refractivity contribution < 1.29 is 17.9 Å². The number of methoxy groups -OCH3 is 2. The molecule has 0 saturated carbocycles. The number of anilines is 1. The smallest absolute Gasteiger partial charge is 0.263 e. The molecule has 3 rings (SSSR count). The van der Waals surface area contributed by atoms with E-state index >= 15 is 0 Å². The number of hydrogen-bond donors (Lipinski definition) is 1. The molecule has 0 fully saturated rings. The summed E-state index contributed by atoms with van der Waals surface area (Å²) in [5.74, 6) is 1.36. The Bertz CT molecular complexity index is 1010. The van der Waals surface area contributed by atoms with Gasteiger partial charge in [-0.25, -0.2) is 8.42 Å². The van der Waals surface area contributed by atoms with Crippen molar-refractivity contribution >= 4 is 26.5 Å². The van der Waals surface area contributed by atoms with Crippen LogP contribution in [0.3, 0.4) is 0 Å². The monoisotopic (exact) mass is 391 g/mol. The van der Waals surface area contributed by atoms with Crippen LogP contribution in [0.15, 0.2) is 47.4 Å². The normalized spacial score (nSPS) is 11.2. The molecule has 0 aliphatic heterocycles. The zero-order chi connectivity index (χ0) is 18.7. The Morgan fingerprint density at radius 1 is 1.00 bits per heavy atom. The Kier molecular flexibility index (Phi) is 5.10. The summed E-state index contributed by atoms with van der Waals surface area (Å²) in [4.78, 5) is 0.136. The van der Waals surface area contributed by atoms with Gasteiger partial charge in [0.05, 0.1) is 19.1 Å². The van der Waals surface area contributed by atoms with Crippen molar-refractivity contribution in [3.8, 4) is 22.1 Å². The highest BCUT2D eigenvalue weighted by molar-refractivity contribution is 7.93. The molecule has 1 heterocycles. The fourth-order valence-electron chi connectivity index (χ4n) is 2.31. The lowest BCUT2D eigenvalue weighted by Crippen LogP contribution is -2.13. The van der Waals surface area contributed by atoms with E-state index < -0.39 is 10.0 Å². The lowest BCUT2D eigenvalue weighted by atomic mass is 10.2. The molecule has 0 amide bonds.